The molecule has 2 nitrogen and oxygen atoms in total. The summed E-state index contributed by atoms with van der Waals surface area (Å²) in [5.41, 5.74) is 1.87. The molecule has 0 aliphatic carbocycles. The first-order valence-electron chi connectivity index (χ1n) is 4.49. The van der Waals surface area contributed by atoms with Gasteiger partial charge in [-0.1, -0.05) is 15.9 Å². The van der Waals surface area contributed by atoms with E-state index in [0.717, 1.165) is 15.6 Å². The van der Waals surface area contributed by atoms with Crippen molar-refractivity contribution in [1.82, 2.24) is 0 Å². The molecule has 0 saturated heterocycles. The Bertz CT molecular complexity index is 400. The lowest BCUT2D eigenvalue weighted by Gasteiger charge is -2.14. The molecule has 0 heterocycles. The van der Waals surface area contributed by atoms with E-state index in [0.29, 0.717) is 11.6 Å². The van der Waals surface area contributed by atoms with Gasteiger partial charge in [0.15, 0.2) is 6.10 Å². The monoisotopic (exact) mass is 287 g/mol. The Balaban J connectivity index is 3.10. The highest BCUT2D eigenvalue weighted by Crippen LogP contribution is 2.29. The van der Waals surface area contributed by atoms with Crippen LogP contribution in [0.2, 0.25) is 0 Å². The highest BCUT2D eigenvalue weighted by atomic mass is 79.9. The van der Waals surface area contributed by atoms with Gasteiger partial charge in [0.2, 0.25) is 0 Å². The number of aryl methyl sites for hydroxylation is 1. The van der Waals surface area contributed by atoms with Crippen molar-refractivity contribution in [1.29, 1.82) is 5.26 Å². The van der Waals surface area contributed by atoms with E-state index < -0.39 is 6.10 Å². The second kappa shape index (κ2) is 5.39. The van der Waals surface area contributed by atoms with E-state index in [1.165, 1.54) is 0 Å². The van der Waals surface area contributed by atoms with E-state index >= 15 is 0 Å². The standard InChI is InChI=1S/C11H11BrClNO/c1-7-3-10(12)4-9(5-13)11(7)15-8(2)6-14/h3-4,8H,5H2,1-2H3. The number of nitriles is 1. The van der Waals surface area contributed by atoms with Crippen LogP contribution in [0, 0.1) is 18.3 Å². The number of hydrogen-bond acceptors (Lipinski definition) is 2. The number of nitrogens with zero attached hydrogens (tertiary/aromatic N) is 1. The van der Waals surface area contributed by atoms with Crippen LogP contribution in [-0.4, -0.2) is 6.10 Å². The maximum atomic E-state index is 8.69. The predicted octanol–water partition coefficient (Wildman–Crippen LogP) is 3.79. The van der Waals surface area contributed by atoms with Gasteiger partial charge in [-0.25, -0.2) is 0 Å². The first-order chi connectivity index (χ1) is 7.08. The number of benzene rings is 1. The third-order valence-electron chi connectivity index (χ3n) is 1.94. The number of halogens is 2. The summed E-state index contributed by atoms with van der Waals surface area (Å²) in [5.74, 6) is 1.08. The van der Waals surface area contributed by atoms with Gasteiger partial charge in [0.25, 0.3) is 0 Å². The largest absolute Gasteiger partial charge is 0.475 e. The van der Waals surface area contributed by atoms with Gasteiger partial charge in [0.05, 0.1) is 5.88 Å². The van der Waals surface area contributed by atoms with Gasteiger partial charge in [0, 0.05) is 10.0 Å². The molecule has 4 heteroatoms. The summed E-state index contributed by atoms with van der Waals surface area (Å²) in [6.45, 7) is 3.64. The Morgan fingerprint density at radius 3 is 2.80 bits per heavy atom. The fourth-order valence-electron chi connectivity index (χ4n) is 1.27. The predicted molar refractivity (Wildman–Crippen MR) is 64.1 cm³/mol. The lowest BCUT2D eigenvalue weighted by atomic mass is 10.1. The Kier molecular flexibility index (Phi) is 4.44. The lowest BCUT2D eigenvalue weighted by Crippen LogP contribution is -2.10. The molecular weight excluding hydrogens is 277 g/mol. The Hall–Kier alpha value is -0.720. The maximum Gasteiger partial charge on any atom is 0.181 e. The van der Waals surface area contributed by atoms with E-state index in [1.807, 2.05) is 25.1 Å². The SMILES string of the molecule is Cc1cc(Br)cc(CCl)c1OC(C)C#N. The second-order valence-electron chi connectivity index (χ2n) is 3.23. The molecule has 0 aromatic heterocycles. The van der Waals surface area contributed by atoms with Crippen molar-refractivity contribution in [2.45, 2.75) is 25.8 Å². The van der Waals surface area contributed by atoms with Crippen molar-refractivity contribution in [3.63, 3.8) is 0 Å². The van der Waals surface area contributed by atoms with E-state index in [4.69, 9.17) is 21.6 Å². The van der Waals surface area contributed by atoms with Crippen LogP contribution in [0.4, 0.5) is 0 Å². The summed E-state index contributed by atoms with van der Waals surface area (Å²) in [6.07, 6.45) is -0.466. The summed E-state index contributed by atoms with van der Waals surface area (Å²) in [5, 5.41) is 8.69. The fourth-order valence-corrected chi connectivity index (χ4v) is 2.09. The summed E-state index contributed by atoms with van der Waals surface area (Å²) < 4.78 is 6.47. The molecular formula is C11H11BrClNO. The minimum absolute atomic E-state index is 0.369. The molecule has 1 unspecified atom stereocenters. The number of rotatable bonds is 3. The van der Waals surface area contributed by atoms with Crippen molar-refractivity contribution in [2.75, 3.05) is 0 Å². The van der Waals surface area contributed by atoms with E-state index in [1.54, 1.807) is 6.92 Å². The summed E-state index contributed by atoms with van der Waals surface area (Å²) in [7, 11) is 0. The number of alkyl halides is 1. The molecule has 0 radical (unpaired) electrons. The molecule has 1 aromatic rings. The topological polar surface area (TPSA) is 33.0 Å². The van der Waals surface area contributed by atoms with Crippen molar-refractivity contribution in [3.8, 4) is 11.8 Å². The van der Waals surface area contributed by atoms with Crippen LogP contribution < -0.4 is 4.74 Å². The van der Waals surface area contributed by atoms with E-state index in [2.05, 4.69) is 15.9 Å². The quantitative estimate of drug-likeness (QED) is 0.793. The van der Waals surface area contributed by atoms with Crippen molar-refractivity contribution < 1.29 is 4.74 Å². The van der Waals surface area contributed by atoms with Crippen molar-refractivity contribution in [2.24, 2.45) is 0 Å². The van der Waals surface area contributed by atoms with Gasteiger partial charge in [-0.2, -0.15) is 5.26 Å². The Morgan fingerprint density at radius 1 is 1.60 bits per heavy atom. The van der Waals surface area contributed by atoms with Gasteiger partial charge in [0.1, 0.15) is 11.8 Å². The zero-order valence-corrected chi connectivity index (χ0v) is 10.9. The van der Waals surface area contributed by atoms with Gasteiger partial charge >= 0.3 is 0 Å². The van der Waals surface area contributed by atoms with Crippen molar-refractivity contribution in [3.05, 3.63) is 27.7 Å². The fraction of sp³-hybridized carbons (Fsp3) is 0.364. The average Bonchev–Trinajstić information content (AvgIpc) is 2.21. The molecule has 0 aliphatic heterocycles. The molecule has 0 N–H and O–H groups in total. The second-order valence-corrected chi connectivity index (χ2v) is 4.42. The summed E-state index contributed by atoms with van der Waals surface area (Å²) in [4.78, 5) is 0. The first kappa shape index (κ1) is 12.4. The molecule has 0 aliphatic rings. The van der Waals surface area contributed by atoms with Crippen LogP contribution in [-0.2, 0) is 5.88 Å². The number of ether oxygens (including phenoxy) is 1. The minimum Gasteiger partial charge on any atom is -0.475 e. The molecule has 1 rings (SSSR count). The smallest absolute Gasteiger partial charge is 0.181 e. The molecule has 0 amide bonds. The Morgan fingerprint density at radius 2 is 2.27 bits per heavy atom. The molecule has 1 aromatic carbocycles. The third kappa shape index (κ3) is 3.12. The minimum atomic E-state index is -0.466. The normalized spacial score (nSPS) is 11.9. The van der Waals surface area contributed by atoms with Gasteiger partial charge < -0.3 is 4.74 Å². The zero-order valence-electron chi connectivity index (χ0n) is 8.55. The van der Waals surface area contributed by atoms with Crippen LogP contribution in [0.5, 0.6) is 5.75 Å². The van der Waals surface area contributed by atoms with Crippen LogP contribution in [0.1, 0.15) is 18.1 Å². The molecule has 15 heavy (non-hydrogen) atoms. The summed E-state index contributed by atoms with van der Waals surface area (Å²) >= 11 is 9.21. The molecule has 0 spiro atoms. The highest BCUT2D eigenvalue weighted by Gasteiger charge is 2.11. The van der Waals surface area contributed by atoms with Gasteiger partial charge in [-0.3, -0.25) is 0 Å². The molecule has 80 valence electrons. The lowest BCUT2D eigenvalue weighted by molar-refractivity contribution is 0.272. The average molecular weight is 289 g/mol. The van der Waals surface area contributed by atoms with Crippen LogP contribution in [0.25, 0.3) is 0 Å². The molecule has 0 bridgehead atoms. The van der Waals surface area contributed by atoms with E-state index in [9.17, 15) is 0 Å². The summed E-state index contributed by atoms with van der Waals surface area (Å²) in [6, 6.07) is 5.87. The molecule has 0 saturated carbocycles. The van der Waals surface area contributed by atoms with Crippen LogP contribution >= 0.6 is 27.5 Å². The highest BCUT2D eigenvalue weighted by molar-refractivity contribution is 9.10. The Labute approximate surface area is 103 Å². The van der Waals surface area contributed by atoms with E-state index in [-0.39, 0.29) is 0 Å². The van der Waals surface area contributed by atoms with Gasteiger partial charge in [-0.05, 0) is 31.5 Å². The third-order valence-corrected chi connectivity index (χ3v) is 2.68. The van der Waals surface area contributed by atoms with Crippen molar-refractivity contribution >= 4 is 27.5 Å². The maximum absolute atomic E-state index is 8.69. The molecule has 0 fully saturated rings. The number of hydrogen-bond donors (Lipinski definition) is 0. The van der Waals surface area contributed by atoms with Crippen LogP contribution in [0.15, 0.2) is 16.6 Å². The zero-order chi connectivity index (χ0) is 11.4. The molecule has 1 atom stereocenters. The van der Waals surface area contributed by atoms with Crippen LogP contribution in [0.3, 0.4) is 0 Å². The van der Waals surface area contributed by atoms with Gasteiger partial charge in [-0.15, -0.1) is 11.6 Å². The first-order valence-corrected chi connectivity index (χ1v) is 5.82.